The van der Waals surface area contributed by atoms with Gasteiger partial charge in [-0.05, 0) is 61.0 Å². The lowest BCUT2D eigenvalue weighted by Gasteiger charge is -2.10. The zero-order chi connectivity index (χ0) is 15.2. The molecule has 2 rings (SSSR count). The second-order valence-electron chi connectivity index (χ2n) is 5.17. The number of carbonyl (C=O) groups excluding carboxylic acids is 1. The van der Waals surface area contributed by atoms with E-state index < -0.39 is 0 Å². The van der Waals surface area contributed by atoms with Crippen LogP contribution >= 0.6 is 11.3 Å². The van der Waals surface area contributed by atoms with Crippen LogP contribution < -0.4 is 10.6 Å². The van der Waals surface area contributed by atoms with Gasteiger partial charge in [0.2, 0.25) is 0 Å². The van der Waals surface area contributed by atoms with Gasteiger partial charge in [0.1, 0.15) is 0 Å². The fraction of sp³-hybridized carbons (Fsp3) is 0.353. The Kier molecular flexibility index (Phi) is 5.39. The number of benzene rings is 1. The lowest BCUT2D eigenvalue weighted by Crippen LogP contribution is -2.23. The van der Waals surface area contributed by atoms with Crippen LogP contribution in [0, 0.1) is 13.8 Å². The number of hydrogen-bond donors (Lipinski definition) is 2. The van der Waals surface area contributed by atoms with Gasteiger partial charge in [-0.25, -0.2) is 0 Å². The molecule has 0 fully saturated rings. The van der Waals surface area contributed by atoms with Gasteiger partial charge >= 0.3 is 0 Å². The van der Waals surface area contributed by atoms with Crippen LogP contribution in [0.2, 0.25) is 0 Å². The van der Waals surface area contributed by atoms with E-state index >= 15 is 0 Å². The zero-order valence-electron chi connectivity index (χ0n) is 12.8. The van der Waals surface area contributed by atoms with Crippen LogP contribution in [0.4, 0.5) is 5.69 Å². The molecule has 4 heteroatoms. The summed E-state index contributed by atoms with van der Waals surface area (Å²) in [6.07, 6.45) is 1.08. The number of hydrogen-bond acceptors (Lipinski definition) is 3. The second kappa shape index (κ2) is 7.27. The number of rotatable bonds is 6. The summed E-state index contributed by atoms with van der Waals surface area (Å²) in [6.45, 7) is 7.72. The van der Waals surface area contributed by atoms with Gasteiger partial charge in [-0.2, -0.15) is 0 Å². The molecule has 0 saturated carbocycles. The van der Waals surface area contributed by atoms with E-state index in [1.54, 1.807) is 11.3 Å². The average Bonchev–Trinajstić information content (AvgIpc) is 2.88. The number of aryl methyl sites for hydroxylation is 2. The summed E-state index contributed by atoms with van der Waals surface area (Å²) in [6, 6.07) is 7.96. The summed E-state index contributed by atoms with van der Waals surface area (Å²) in [7, 11) is 0. The summed E-state index contributed by atoms with van der Waals surface area (Å²) >= 11 is 1.68. The molecule has 0 aliphatic heterocycles. The summed E-state index contributed by atoms with van der Waals surface area (Å²) in [5, 5.41) is 8.38. The van der Waals surface area contributed by atoms with Crippen molar-refractivity contribution < 1.29 is 4.79 Å². The first-order valence-corrected chi connectivity index (χ1v) is 8.15. The van der Waals surface area contributed by atoms with Crippen molar-refractivity contribution in [3.05, 3.63) is 51.2 Å². The maximum atomic E-state index is 12.3. The van der Waals surface area contributed by atoms with E-state index in [2.05, 4.69) is 35.9 Å². The molecule has 2 aromatic rings. The molecule has 1 aromatic heterocycles. The van der Waals surface area contributed by atoms with Gasteiger partial charge in [0.15, 0.2) is 0 Å². The molecular formula is C17H22N2OS. The number of thiophene rings is 1. The molecule has 0 aliphatic carbocycles. The van der Waals surface area contributed by atoms with E-state index in [-0.39, 0.29) is 5.91 Å². The Bertz CT molecular complexity index is 619. The average molecular weight is 302 g/mol. The third kappa shape index (κ3) is 4.08. The highest BCUT2D eigenvalue weighted by molar-refractivity contribution is 7.10. The number of amides is 1. The third-order valence-electron chi connectivity index (χ3n) is 3.43. The van der Waals surface area contributed by atoms with Crippen molar-refractivity contribution in [3.63, 3.8) is 0 Å². The Hall–Kier alpha value is -1.81. The predicted octanol–water partition coefficient (Wildman–Crippen LogP) is 4.12. The Morgan fingerprint density at radius 3 is 2.62 bits per heavy atom. The summed E-state index contributed by atoms with van der Waals surface area (Å²) in [5.74, 6) is -0.0117. The first-order valence-electron chi connectivity index (χ1n) is 7.27. The van der Waals surface area contributed by atoms with Crippen LogP contribution in [0.5, 0.6) is 0 Å². The zero-order valence-corrected chi connectivity index (χ0v) is 13.6. The van der Waals surface area contributed by atoms with Crippen LogP contribution in [0.1, 0.15) is 39.7 Å². The van der Waals surface area contributed by atoms with Crippen LogP contribution in [0.15, 0.2) is 29.6 Å². The normalized spacial score (nSPS) is 10.4. The van der Waals surface area contributed by atoms with Crippen LogP contribution in [0.25, 0.3) is 0 Å². The van der Waals surface area contributed by atoms with Crippen molar-refractivity contribution in [1.82, 2.24) is 5.32 Å². The van der Waals surface area contributed by atoms with Crippen LogP contribution in [0.3, 0.4) is 0 Å². The fourth-order valence-corrected chi connectivity index (χ4v) is 2.98. The fourth-order valence-electron chi connectivity index (χ4n) is 2.14. The van der Waals surface area contributed by atoms with Crippen molar-refractivity contribution in [2.75, 3.05) is 11.9 Å². The van der Waals surface area contributed by atoms with E-state index in [0.29, 0.717) is 6.54 Å². The second-order valence-corrected chi connectivity index (χ2v) is 6.17. The minimum Gasteiger partial charge on any atom is -0.385 e. The molecule has 1 amide bonds. The lowest BCUT2D eigenvalue weighted by molar-refractivity contribution is 0.0950. The highest BCUT2D eigenvalue weighted by atomic mass is 32.1. The number of carbonyl (C=O) groups is 1. The van der Waals surface area contributed by atoms with Gasteiger partial charge in [0.05, 0.1) is 6.54 Å². The van der Waals surface area contributed by atoms with Crippen molar-refractivity contribution in [2.45, 2.75) is 33.7 Å². The minimum atomic E-state index is -0.0117. The third-order valence-corrected chi connectivity index (χ3v) is 4.45. The van der Waals surface area contributed by atoms with Gasteiger partial charge in [0, 0.05) is 22.7 Å². The molecule has 0 atom stereocenters. The standard InChI is InChI=1S/C17H22N2OS/c1-4-8-18-14-5-6-15(13(3)10-14)17(20)19-11-16-12(2)7-9-21-16/h5-7,9-10,18H,4,8,11H2,1-3H3,(H,19,20). The highest BCUT2D eigenvalue weighted by Crippen LogP contribution is 2.17. The molecule has 2 N–H and O–H groups in total. The maximum Gasteiger partial charge on any atom is 0.251 e. The molecule has 0 saturated heterocycles. The molecule has 1 heterocycles. The monoisotopic (exact) mass is 302 g/mol. The smallest absolute Gasteiger partial charge is 0.251 e. The lowest BCUT2D eigenvalue weighted by atomic mass is 10.1. The quantitative estimate of drug-likeness (QED) is 0.843. The van der Waals surface area contributed by atoms with Gasteiger partial charge < -0.3 is 10.6 Å². The SMILES string of the molecule is CCCNc1ccc(C(=O)NCc2sccc2C)c(C)c1. The van der Waals surface area contributed by atoms with E-state index in [1.807, 2.05) is 25.1 Å². The summed E-state index contributed by atoms with van der Waals surface area (Å²) < 4.78 is 0. The van der Waals surface area contributed by atoms with Crippen molar-refractivity contribution in [3.8, 4) is 0 Å². The Morgan fingerprint density at radius 1 is 1.19 bits per heavy atom. The van der Waals surface area contributed by atoms with Gasteiger partial charge in [-0.15, -0.1) is 11.3 Å². The molecule has 0 bridgehead atoms. The Balaban J connectivity index is 2.00. The molecule has 21 heavy (non-hydrogen) atoms. The molecule has 3 nitrogen and oxygen atoms in total. The molecular weight excluding hydrogens is 280 g/mol. The van der Waals surface area contributed by atoms with E-state index in [1.165, 1.54) is 10.4 Å². The first kappa shape index (κ1) is 15.6. The molecule has 112 valence electrons. The maximum absolute atomic E-state index is 12.3. The Labute approximate surface area is 130 Å². The summed E-state index contributed by atoms with van der Waals surface area (Å²) in [5.41, 5.74) is 4.04. The van der Waals surface area contributed by atoms with Crippen molar-refractivity contribution in [1.29, 1.82) is 0 Å². The predicted molar refractivity (Wildman–Crippen MR) is 90.2 cm³/mol. The van der Waals surface area contributed by atoms with E-state index in [4.69, 9.17) is 0 Å². The van der Waals surface area contributed by atoms with Crippen LogP contribution in [-0.4, -0.2) is 12.5 Å². The minimum absolute atomic E-state index is 0.0117. The van der Waals surface area contributed by atoms with Gasteiger partial charge in [-0.1, -0.05) is 6.92 Å². The Morgan fingerprint density at radius 2 is 2.00 bits per heavy atom. The van der Waals surface area contributed by atoms with Crippen LogP contribution in [-0.2, 0) is 6.54 Å². The topological polar surface area (TPSA) is 41.1 Å². The van der Waals surface area contributed by atoms with Crippen molar-refractivity contribution in [2.24, 2.45) is 0 Å². The largest absolute Gasteiger partial charge is 0.385 e. The molecule has 0 aliphatic rings. The first-order chi connectivity index (χ1) is 10.1. The number of nitrogens with one attached hydrogen (secondary N) is 2. The molecule has 1 aromatic carbocycles. The number of anilines is 1. The van der Waals surface area contributed by atoms with E-state index in [9.17, 15) is 4.79 Å². The molecule has 0 unspecified atom stereocenters. The van der Waals surface area contributed by atoms with Gasteiger partial charge in [0.25, 0.3) is 5.91 Å². The molecule has 0 radical (unpaired) electrons. The molecule has 0 spiro atoms. The van der Waals surface area contributed by atoms with E-state index in [0.717, 1.165) is 29.8 Å². The highest BCUT2D eigenvalue weighted by Gasteiger charge is 2.10. The van der Waals surface area contributed by atoms with Crippen molar-refractivity contribution >= 4 is 22.9 Å². The summed E-state index contributed by atoms with van der Waals surface area (Å²) in [4.78, 5) is 13.5. The van der Waals surface area contributed by atoms with Gasteiger partial charge in [-0.3, -0.25) is 4.79 Å².